The second-order valence-corrected chi connectivity index (χ2v) is 20.5. The molecule has 0 aliphatic heterocycles. The summed E-state index contributed by atoms with van der Waals surface area (Å²) in [6.07, 6.45) is 8.81. The number of benzene rings is 2. The van der Waals surface area contributed by atoms with E-state index in [1.807, 2.05) is 24.3 Å². The van der Waals surface area contributed by atoms with Crippen LogP contribution in [-0.4, -0.2) is 5.43 Å². The topological polar surface area (TPSA) is 0 Å². The van der Waals surface area contributed by atoms with Crippen molar-refractivity contribution in [2.24, 2.45) is 0 Å². The monoisotopic (exact) mass is 656 g/mol. The zero-order valence-electron chi connectivity index (χ0n) is 19.2. The van der Waals surface area contributed by atoms with Gasteiger partial charge in [0, 0.05) is 19.4 Å². The van der Waals surface area contributed by atoms with Crippen LogP contribution in [0.2, 0.25) is 23.1 Å². The minimum Gasteiger partial charge on any atom is -1.00 e. The first-order valence-corrected chi connectivity index (χ1v) is 18.9. The number of hydrogen-bond acceptors (Lipinski definition) is 2. The van der Waals surface area contributed by atoms with Crippen LogP contribution in [0.3, 0.4) is 0 Å². The van der Waals surface area contributed by atoms with Gasteiger partial charge in [-0.05, 0) is 24.3 Å². The van der Waals surface area contributed by atoms with Crippen LogP contribution in [0, 0.1) is 12.2 Å². The number of allylic oxidation sites excluding steroid dienone is 2. The van der Waals surface area contributed by atoms with Crippen LogP contribution >= 0.6 is 45.9 Å². The Balaban J connectivity index is 0.000000198. The van der Waals surface area contributed by atoms with Crippen molar-refractivity contribution in [3.05, 3.63) is 90.6 Å². The summed E-state index contributed by atoms with van der Waals surface area (Å²) in [5.41, 5.74) is 5.57. The molecule has 0 spiro atoms. The fraction of sp³-hybridized carbons (Fsp3) is 0.231. The normalized spacial score (nSPS) is 12.8. The summed E-state index contributed by atoms with van der Waals surface area (Å²) >= 11 is 17.7. The molecule has 0 saturated carbocycles. The maximum absolute atomic E-state index is 6.20. The molecule has 8 heteroatoms. The molecule has 0 amide bonds. The molecular weight excluding hydrogens is 638 g/mol. The van der Waals surface area contributed by atoms with E-state index in [1.165, 1.54) is 52.2 Å². The van der Waals surface area contributed by atoms with Crippen LogP contribution < -0.4 is 24.8 Å². The van der Waals surface area contributed by atoms with Crippen molar-refractivity contribution in [1.29, 1.82) is 0 Å². The smallest absolute Gasteiger partial charge is 1.00 e. The molecule has 0 fully saturated rings. The second-order valence-electron chi connectivity index (χ2n) is 8.21. The molecule has 0 radical (unpaired) electrons. The van der Waals surface area contributed by atoms with Gasteiger partial charge in [-0.3, -0.25) is 0 Å². The van der Waals surface area contributed by atoms with Crippen LogP contribution in [0.25, 0.3) is 20.2 Å². The molecule has 6 rings (SSSR count). The quantitative estimate of drug-likeness (QED) is 0.201. The summed E-state index contributed by atoms with van der Waals surface area (Å²) < 4.78 is 2.56. The van der Waals surface area contributed by atoms with Crippen molar-refractivity contribution < 1.29 is 48.1 Å². The number of hydrogen-bond donors (Lipinski definition) is 0. The van der Waals surface area contributed by atoms with E-state index in [1.54, 1.807) is 46.0 Å². The molecule has 0 atom stereocenters. The Morgan fingerprint density at radius 2 is 1.12 bits per heavy atom. The van der Waals surface area contributed by atoms with Gasteiger partial charge in [0.25, 0.3) is 0 Å². The first-order valence-electron chi connectivity index (χ1n) is 10.3. The van der Waals surface area contributed by atoms with Gasteiger partial charge in [0.1, 0.15) is 0 Å². The zero-order valence-corrected chi connectivity index (χ0v) is 27.3. The second kappa shape index (κ2) is 13.1. The van der Waals surface area contributed by atoms with Crippen LogP contribution in [0.15, 0.2) is 47.5 Å². The zero-order chi connectivity index (χ0) is 23.0. The maximum Gasteiger partial charge on any atom is -1.00 e. The molecular formula is C26H22Cl4S2SiZr-2. The standard InChI is InChI=1S/2C12H8ClS.C2H6Si.2ClH.Zr/c2*1-7-5-8-11(6-7)14-10-4-2-3-9(13)12(8)10;1-3-2;;;/h2*2-4H,5H2,1H3;1-2H3;2*1H;/q2*-1;;;;+2/p-2. The van der Waals surface area contributed by atoms with Crippen molar-refractivity contribution in [3.8, 4) is 0 Å². The summed E-state index contributed by atoms with van der Waals surface area (Å²) in [5, 5.41) is 4.21. The number of halogens is 4. The predicted molar refractivity (Wildman–Crippen MR) is 142 cm³/mol. The average molecular weight is 660 g/mol. The number of thiophene rings is 2. The van der Waals surface area contributed by atoms with Gasteiger partial charge in [-0.15, -0.1) is 9.75 Å². The molecule has 2 aromatic heterocycles. The third kappa shape index (κ3) is 6.69. The van der Waals surface area contributed by atoms with E-state index in [0.29, 0.717) is 0 Å². The molecule has 2 aromatic carbocycles. The Morgan fingerprint density at radius 1 is 0.765 bits per heavy atom. The third-order valence-electron chi connectivity index (χ3n) is 5.06. The summed E-state index contributed by atoms with van der Waals surface area (Å²) in [6.45, 7) is 8.86. The predicted octanol–water partition coefficient (Wildman–Crippen LogP) is 3.21. The molecule has 2 heterocycles. The Labute approximate surface area is 247 Å². The van der Waals surface area contributed by atoms with Gasteiger partial charge in [-0.1, -0.05) is 72.8 Å². The molecule has 2 aliphatic carbocycles. The molecule has 4 aromatic rings. The summed E-state index contributed by atoms with van der Waals surface area (Å²) in [7, 11) is 0. The van der Waals surface area contributed by atoms with Crippen LogP contribution in [-0.2, 0) is 36.2 Å². The molecule has 0 bridgehead atoms. The largest absolute Gasteiger partial charge is 1.00 e. The molecule has 0 saturated heterocycles. The van der Waals surface area contributed by atoms with E-state index in [-0.39, 0.29) is 30.2 Å². The minimum absolute atomic E-state index is 0. The van der Waals surface area contributed by atoms with Gasteiger partial charge in [0.2, 0.25) is 0 Å². The Morgan fingerprint density at radius 3 is 1.47 bits per heavy atom. The van der Waals surface area contributed by atoms with Gasteiger partial charge in [-0.2, -0.15) is 44.9 Å². The van der Waals surface area contributed by atoms with Crippen molar-refractivity contribution in [2.75, 3.05) is 0 Å². The first-order chi connectivity index (χ1) is 15.2. The van der Waals surface area contributed by atoms with Gasteiger partial charge >= 0.3 is 41.9 Å². The maximum atomic E-state index is 6.20. The molecule has 34 heavy (non-hydrogen) atoms. The Bertz CT molecular complexity index is 1310. The summed E-state index contributed by atoms with van der Waals surface area (Å²) in [4.78, 5) is 2.54. The molecule has 0 unspecified atom stereocenters. The summed E-state index contributed by atoms with van der Waals surface area (Å²) in [5.74, 6) is 0. The van der Waals surface area contributed by atoms with E-state index < -0.39 is 0 Å². The van der Waals surface area contributed by atoms with Gasteiger partial charge in [0.05, 0.1) is 0 Å². The Kier molecular flexibility index (Phi) is 11.6. The van der Waals surface area contributed by atoms with Crippen LogP contribution in [0.4, 0.5) is 0 Å². The molecule has 0 nitrogen and oxygen atoms in total. The van der Waals surface area contributed by atoms with Crippen molar-refractivity contribution in [3.63, 3.8) is 0 Å². The van der Waals surface area contributed by atoms with Gasteiger partial charge < -0.3 is 24.8 Å². The number of rotatable bonds is 0. The molecule has 176 valence electrons. The van der Waals surface area contributed by atoms with E-state index in [4.69, 9.17) is 23.2 Å². The van der Waals surface area contributed by atoms with E-state index in [2.05, 4.69) is 51.2 Å². The molecule has 0 N–H and O–H groups in total. The van der Waals surface area contributed by atoms with Crippen molar-refractivity contribution in [2.45, 2.75) is 39.8 Å². The molecule has 2 aliphatic rings. The Hall–Kier alpha value is 0.100. The van der Waals surface area contributed by atoms with E-state index in [0.717, 1.165) is 22.9 Å². The minimum atomic E-state index is 0. The fourth-order valence-electron chi connectivity index (χ4n) is 3.88. The third-order valence-corrected chi connectivity index (χ3v) is 7.92. The average Bonchev–Trinajstić information content (AvgIpc) is 3.40. The van der Waals surface area contributed by atoms with E-state index >= 15 is 0 Å². The first kappa shape index (κ1) is 30.3. The SMILES string of the molecule is CC1=[C-]c2sc3cccc(Cl)c3c2C1.CC1=[C-]c2sc3cccc(Cl)c3c2C1.C[Si](C)=[Zr+2].[Cl-].[Cl-]. The number of fused-ring (bicyclic) bond motifs is 6. The fourth-order valence-corrected chi connectivity index (χ4v) is 7.02. The van der Waals surface area contributed by atoms with E-state index in [9.17, 15) is 0 Å². The van der Waals surface area contributed by atoms with Crippen molar-refractivity contribution in [1.82, 2.24) is 0 Å². The van der Waals surface area contributed by atoms with Crippen LogP contribution in [0.1, 0.15) is 34.7 Å². The van der Waals surface area contributed by atoms with Crippen molar-refractivity contribution >= 4 is 71.5 Å². The van der Waals surface area contributed by atoms with Crippen LogP contribution in [0.5, 0.6) is 0 Å². The summed E-state index contributed by atoms with van der Waals surface area (Å²) in [6, 6.07) is 12.2. The van der Waals surface area contributed by atoms with Gasteiger partial charge in [0.15, 0.2) is 0 Å². The van der Waals surface area contributed by atoms with Gasteiger partial charge in [-0.25, -0.2) is 12.2 Å².